The highest BCUT2D eigenvalue weighted by atomic mass is 14.1. The fourth-order valence-corrected chi connectivity index (χ4v) is 5.34. The van der Waals surface area contributed by atoms with Crippen LogP contribution in [0.4, 0.5) is 0 Å². The van der Waals surface area contributed by atoms with Gasteiger partial charge in [0.1, 0.15) is 0 Å². The summed E-state index contributed by atoms with van der Waals surface area (Å²) in [5.74, 6) is 0.969. The van der Waals surface area contributed by atoms with Crippen molar-refractivity contribution in [2.75, 3.05) is 0 Å². The lowest BCUT2D eigenvalue weighted by Gasteiger charge is -2.11. The van der Waals surface area contributed by atoms with Crippen molar-refractivity contribution in [1.29, 1.82) is 0 Å². The van der Waals surface area contributed by atoms with Crippen molar-refractivity contribution in [1.82, 2.24) is 0 Å². The molecule has 0 amide bonds. The van der Waals surface area contributed by atoms with Gasteiger partial charge in [-0.15, -0.1) is 0 Å². The third kappa shape index (κ3) is 30.0. The van der Waals surface area contributed by atoms with Crippen molar-refractivity contribution in [3.8, 4) is 0 Å². The van der Waals surface area contributed by atoms with Crippen molar-refractivity contribution in [3.63, 3.8) is 0 Å². The van der Waals surface area contributed by atoms with Crippen molar-refractivity contribution >= 4 is 0 Å². The summed E-state index contributed by atoms with van der Waals surface area (Å²) in [7, 11) is 0. The molecule has 0 saturated heterocycles. The van der Waals surface area contributed by atoms with Gasteiger partial charge in [-0.1, -0.05) is 207 Å². The Balaban J connectivity index is 3.08. The minimum atomic E-state index is 0.969. The Labute approximate surface area is 212 Å². The Bertz CT molecular complexity index is 320. The summed E-state index contributed by atoms with van der Waals surface area (Å²) in [6.45, 7) is 7.10. The summed E-state index contributed by atoms with van der Waals surface area (Å²) < 4.78 is 0. The van der Waals surface area contributed by atoms with Gasteiger partial charge in [-0.25, -0.2) is 0 Å². The van der Waals surface area contributed by atoms with E-state index < -0.39 is 0 Å². The Hall–Kier alpha value is 0. The Morgan fingerprint density at radius 1 is 0.273 bits per heavy atom. The van der Waals surface area contributed by atoms with Crippen molar-refractivity contribution in [2.24, 2.45) is 5.92 Å². The molecule has 0 aliphatic heterocycles. The van der Waals surface area contributed by atoms with Crippen LogP contribution in [0.2, 0.25) is 0 Å². The Morgan fingerprint density at radius 3 is 0.667 bits per heavy atom. The zero-order chi connectivity index (χ0) is 24.1. The summed E-state index contributed by atoms with van der Waals surface area (Å²) in [4.78, 5) is 0. The van der Waals surface area contributed by atoms with Crippen LogP contribution in [0.5, 0.6) is 0 Å². The van der Waals surface area contributed by atoms with Crippen molar-refractivity contribution in [2.45, 2.75) is 207 Å². The molecule has 0 radical (unpaired) electrons. The second-order valence-electron chi connectivity index (χ2n) is 11.5. The minimum absolute atomic E-state index is 0.969. The van der Waals surface area contributed by atoms with Crippen molar-refractivity contribution in [3.05, 3.63) is 0 Å². The van der Waals surface area contributed by atoms with Gasteiger partial charge >= 0.3 is 0 Å². The standard InChI is InChI=1S/C33H68/c1-4-6-8-10-12-13-14-15-16-17-18-19-20-21-22-23-24-25-26-28-30-32-33(3)31-29-27-11-9-7-5-2/h33H,4-32H2,1-3H3. The first-order valence-corrected chi connectivity index (χ1v) is 16.3. The van der Waals surface area contributed by atoms with Gasteiger partial charge in [-0.3, -0.25) is 0 Å². The molecule has 0 aliphatic carbocycles. The van der Waals surface area contributed by atoms with E-state index in [-0.39, 0.29) is 0 Å². The molecule has 1 unspecified atom stereocenters. The summed E-state index contributed by atoms with van der Waals surface area (Å²) >= 11 is 0. The van der Waals surface area contributed by atoms with E-state index in [1.54, 1.807) is 0 Å². The third-order valence-electron chi connectivity index (χ3n) is 7.85. The number of unbranched alkanes of at least 4 members (excludes halogenated alkanes) is 25. The van der Waals surface area contributed by atoms with Crippen LogP contribution in [-0.4, -0.2) is 0 Å². The van der Waals surface area contributed by atoms with E-state index in [1.807, 2.05) is 0 Å². The van der Waals surface area contributed by atoms with E-state index >= 15 is 0 Å². The van der Waals surface area contributed by atoms with E-state index in [9.17, 15) is 0 Å². The zero-order valence-corrected chi connectivity index (χ0v) is 24.1. The largest absolute Gasteiger partial charge is 0.0654 e. The van der Waals surface area contributed by atoms with Gasteiger partial charge in [0.05, 0.1) is 0 Å². The summed E-state index contributed by atoms with van der Waals surface area (Å²) in [5, 5.41) is 0. The molecule has 0 nitrogen and oxygen atoms in total. The molecular weight excluding hydrogens is 396 g/mol. The fourth-order valence-electron chi connectivity index (χ4n) is 5.34. The molecule has 0 aliphatic rings. The zero-order valence-electron chi connectivity index (χ0n) is 24.1. The lowest BCUT2D eigenvalue weighted by Crippen LogP contribution is -1.95. The molecule has 200 valence electrons. The van der Waals surface area contributed by atoms with Gasteiger partial charge in [0.15, 0.2) is 0 Å². The van der Waals surface area contributed by atoms with Gasteiger partial charge < -0.3 is 0 Å². The van der Waals surface area contributed by atoms with E-state index in [0.717, 1.165) is 5.92 Å². The molecule has 0 bridgehead atoms. The van der Waals surface area contributed by atoms with Gasteiger partial charge in [-0.05, 0) is 5.92 Å². The molecular formula is C33H68. The highest BCUT2D eigenvalue weighted by molar-refractivity contribution is 4.56. The van der Waals surface area contributed by atoms with Crippen LogP contribution in [0.15, 0.2) is 0 Å². The molecule has 0 aromatic rings. The lowest BCUT2D eigenvalue weighted by atomic mass is 9.96. The van der Waals surface area contributed by atoms with E-state index in [1.165, 1.54) is 186 Å². The third-order valence-corrected chi connectivity index (χ3v) is 7.85. The smallest absolute Gasteiger partial charge is 0.0443 e. The van der Waals surface area contributed by atoms with Crippen LogP contribution in [0.25, 0.3) is 0 Å². The molecule has 0 saturated carbocycles. The quantitative estimate of drug-likeness (QED) is 0.0965. The van der Waals surface area contributed by atoms with Crippen LogP contribution < -0.4 is 0 Å². The molecule has 0 heterocycles. The topological polar surface area (TPSA) is 0 Å². The molecule has 0 N–H and O–H groups in total. The number of rotatable bonds is 29. The van der Waals surface area contributed by atoms with Crippen LogP contribution in [0.3, 0.4) is 0 Å². The molecule has 33 heavy (non-hydrogen) atoms. The second-order valence-corrected chi connectivity index (χ2v) is 11.5. The Morgan fingerprint density at radius 2 is 0.455 bits per heavy atom. The van der Waals surface area contributed by atoms with Crippen molar-refractivity contribution < 1.29 is 0 Å². The first-order chi connectivity index (χ1) is 16.3. The Kier molecular flexibility index (Phi) is 30.0. The van der Waals surface area contributed by atoms with Crippen LogP contribution in [-0.2, 0) is 0 Å². The molecule has 0 aromatic carbocycles. The number of hydrogen-bond acceptors (Lipinski definition) is 0. The molecule has 0 fully saturated rings. The maximum atomic E-state index is 2.49. The highest BCUT2D eigenvalue weighted by Crippen LogP contribution is 2.19. The summed E-state index contributed by atoms with van der Waals surface area (Å²) in [5.41, 5.74) is 0. The molecule has 0 aromatic heterocycles. The lowest BCUT2D eigenvalue weighted by molar-refractivity contribution is 0.430. The second kappa shape index (κ2) is 30.0. The van der Waals surface area contributed by atoms with E-state index in [2.05, 4.69) is 20.8 Å². The molecule has 0 spiro atoms. The molecule has 0 heteroatoms. The molecule has 0 rings (SSSR count). The normalized spacial score (nSPS) is 12.5. The monoisotopic (exact) mass is 465 g/mol. The van der Waals surface area contributed by atoms with Crippen LogP contribution in [0.1, 0.15) is 207 Å². The maximum Gasteiger partial charge on any atom is -0.0443 e. The number of hydrogen-bond donors (Lipinski definition) is 0. The van der Waals surface area contributed by atoms with Gasteiger partial charge in [0.25, 0.3) is 0 Å². The predicted octanol–water partition coefficient (Wildman–Crippen LogP) is 13.0. The summed E-state index contributed by atoms with van der Waals surface area (Å²) in [6.07, 6.45) is 42.8. The summed E-state index contributed by atoms with van der Waals surface area (Å²) in [6, 6.07) is 0. The van der Waals surface area contributed by atoms with E-state index in [4.69, 9.17) is 0 Å². The predicted molar refractivity (Wildman–Crippen MR) is 154 cm³/mol. The van der Waals surface area contributed by atoms with Gasteiger partial charge in [0.2, 0.25) is 0 Å². The van der Waals surface area contributed by atoms with Gasteiger partial charge in [0, 0.05) is 0 Å². The average molecular weight is 465 g/mol. The average Bonchev–Trinajstić information content (AvgIpc) is 2.82. The fraction of sp³-hybridized carbons (Fsp3) is 1.00. The first-order valence-electron chi connectivity index (χ1n) is 16.3. The first kappa shape index (κ1) is 33.0. The van der Waals surface area contributed by atoms with Gasteiger partial charge in [-0.2, -0.15) is 0 Å². The maximum absolute atomic E-state index is 2.49. The SMILES string of the molecule is CCCCCCCCCCCCCCCCCCCCCCCC(C)CCCCCCCC. The van der Waals surface area contributed by atoms with E-state index in [0.29, 0.717) is 0 Å². The highest BCUT2D eigenvalue weighted by Gasteiger charge is 2.02. The van der Waals surface area contributed by atoms with Crippen LogP contribution in [0, 0.1) is 5.92 Å². The molecule has 1 atom stereocenters. The van der Waals surface area contributed by atoms with Crippen LogP contribution >= 0.6 is 0 Å². The minimum Gasteiger partial charge on any atom is -0.0654 e.